The van der Waals surface area contributed by atoms with E-state index in [1.807, 2.05) is 23.1 Å². The third-order valence-corrected chi connectivity index (χ3v) is 5.98. The molecule has 2 nitrogen and oxygen atoms in total. The van der Waals surface area contributed by atoms with Gasteiger partial charge in [-0.15, -0.1) is 11.3 Å². The Labute approximate surface area is 125 Å². The molecule has 0 aromatic carbocycles. The topological polar surface area (TPSA) is 24.9 Å². The number of thioether (sulfide) groups is 1. The highest BCUT2D eigenvalue weighted by Gasteiger charge is 2.34. The fraction of sp³-hybridized carbons (Fsp3) is 0.800. The van der Waals surface area contributed by atoms with Crippen molar-refractivity contribution in [2.24, 2.45) is 5.41 Å². The minimum absolute atomic E-state index is 0.371. The van der Waals surface area contributed by atoms with E-state index in [4.69, 9.17) is 4.98 Å². The van der Waals surface area contributed by atoms with Crippen molar-refractivity contribution in [3.8, 4) is 0 Å². The lowest BCUT2D eigenvalue weighted by molar-refractivity contribution is 0.260. The summed E-state index contributed by atoms with van der Waals surface area (Å²) in [6.45, 7) is 12.5. The van der Waals surface area contributed by atoms with Crippen molar-refractivity contribution in [2.75, 3.05) is 6.54 Å². The van der Waals surface area contributed by atoms with E-state index in [2.05, 4.69) is 39.9 Å². The molecule has 1 N–H and O–H groups in total. The molecule has 0 radical (unpaired) electrons. The Hall–Kier alpha value is -0.0600. The van der Waals surface area contributed by atoms with Gasteiger partial charge in [-0.25, -0.2) is 4.98 Å². The van der Waals surface area contributed by atoms with Gasteiger partial charge in [0.2, 0.25) is 0 Å². The van der Waals surface area contributed by atoms with Gasteiger partial charge in [0.15, 0.2) is 0 Å². The first-order valence-electron chi connectivity index (χ1n) is 7.25. The number of hydrogen-bond donors (Lipinski definition) is 1. The minimum atomic E-state index is 0.371. The summed E-state index contributed by atoms with van der Waals surface area (Å²) in [4.78, 5) is 6.41. The lowest BCUT2D eigenvalue weighted by Crippen LogP contribution is -2.32. The van der Waals surface area contributed by atoms with E-state index in [0.717, 1.165) is 18.7 Å². The van der Waals surface area contributed by atoms with E-state index in [1.54, 1.807) is 0 Å². The number of fused-ring (bicyclic) bond motifs is 1. The number of hydrogen-bond acceptors (Lipinski definition) is 4. The van der Waals surface area contributed by atoms with Gasteiger partial charge in [0, 0.05) is 16.7 Å². The molecule has 0 fully saturated rings. The van der Waals surface area contributed by atoms with Crippen LogP contribution in [0.4, 0.5) is 0 Å². The van der Waals surface area contributed by atoms with Crippen molar-refractivity contribution in [1.82, 2.24) is 10.3 Å². The molecule has 0 bridgehead atoms. The number of aromatic nitrogens is 1. The van der Waals surface area contributed by atoms with Gasteiger partial charge in [0.25, 0.3) is 0 Å². The quantitative estimate of drug-likeness (QED) is 0.871. The van der Waals surface area contributed by atoms with Gasteiger partial charge in [-0.1, -0.05) is 34.6 Å². The zero-order chi connectivity index (χ0) is 14.0. The van der Waals surface area contributed by atoms with Crippen molar-refractivity contribution in [2.45, 2.75) is 64.5 Å². The number of rotatable bonds is 5. The molecule has 108 valence electrons. The van der Waals surface area contributed by atoms with Crippen LogP contribution in [0.25, 0.3) is 0 Å². The van der Waals surface area contributed by atoms with Crippen LogP contribution in [0.2, 0.25) is 0 Å². The summed E-state index contributed by atoms with van der Waals surface area (Å²) in [5, 5.41) is 5.63. The normalized spacial score (nSPS) is 21.7. The molecule has 0 aliphatic heterocycles. The van der Waals surface area contributed by atoms with E-state index in [9.17, 15) is 0 Å². The number of thiazole rings is 1. The van der Waals surface area contributed by atoms with E-state index in [0.29, 0.717) is 16.7 Å². The highest BCUT2D eigenvalue weighted by Crippen LogP contribution is 2.43. The second-order valence-corrected chi connectivity index (χ2v) is 9.11. The van der Waals surface area contributed by atoms with Gasteiger partial charge in [-0.2, -0.15) is 11.8 Å². The molecule has 0 spiro atoms. The van der Waals surface area contributed by atoms with Crippen LogP contribution in [0.1, 0.15) is 62.7 Å². The molecule has 1 atom stereocenters. The molecule has 0 saturated carbocycles. The minimum Gasteiger partial charge on any atom is -0.309 e. The highest BCUT2D eigenvalue weighted by molar-refractivity contribution is 7.99. The monoisotopic (exact) mass is 298 g/mol. The zero-order valence-electron chi connectivity index (χ0n) is 12.7. The molecule has 2 rings (SSSR count). The first-order chi connectivity index (χ1) is 8.91. The third-order valence-electron chi connectivity index (χ3n) is 3.48. The van der Waals surface area contributed by atoms with Crippen LogP contribution in [-0.4, -0.2) is 16.8 Å². The Morgan fingerprint density at radius 2 is 2.21 bits per heavy atom. The van der Waals surface area contributed by atoms with Crippen molar-refractivity contribution in [3.63, 3.8) is 0 Å². The van der Waals surface area contributed by atoms with Crippen LogP contribution in [0, 0.1) is 5.41 Å². The summed E-state index contributed by atoms with van der Waals surface area (Å²) in [7, 11) is 0. The van der Waals surface area contributed by atoms with Crippen molar-refractivity contribution in [3.05, 3.63) is 15.6 Å². The molecule has 1 heterocycles. The predicted octanol–water partition coefficient (Wildman–Crippen LogP) is 4.41. The van der Waals surface area contributed by atoms with Crippen LogP contribution in [0.15, 0.2) is 0 Å². The van der Waals surface area contributed by atoms with Crippen LogP contribution >= 0.6 is 23.1 Å². The Kier molecular flexibility index (Phi) is 4.96. The number of nitrogens with one attached hydrogen (secondary N) is 1. The van der Waals surface area contributed by atoms with Crippen molar-refractivity contribution < 1.29 is 0 Å². The van der Waals surface area contributed by atoms with E-state index in [-0.39, 0.29) is 0 Å². The van der Waals surface area contributed by atoms with Crippen molar-refractivity contribution >= 4 is 23.1 Å². The molecule has 1 unspecified atom stereocenters. The van der Waals surface area contributed by atoms with Gasteiger partial charge < -0.3 is 5.32 Å². The van der Waals surface area contributed by atoms with E-state index in [1.165, 1.54) is 22.0 Å². The van der Waals surface area contributed by atoms with E-state index < -0.39 is 0 Å². The molecular formula is C15H26N2S2. The first-order valence-corrected chi connectivity index (χ1v) is 9.11. The standard InChI is InChI=1S/C15H26N2S2/c1-6-16-11-7-15(4,5)8-12-14(11)19-13(17-12)9-18-10(2)3/h10-11,16H,6-9H2,1-5H3. The van der Waals surface area contributed by atoms with Crippen LogP contribution in [0.5, 0.6) is 0 Å². The maximum atomic E-state index is 4.91. The molecule has 1 aromatic rings. The molecule has 1 aliphatic rings. The summed E-state index contributed by atoms with van der Waals surface area (Å²) in [5.41, 5.74) is 1.72. The third kappa shape index (κ3) is 3.96. The average Bonchev–Trinajstić information content (AvgIpc) is 2.68. The Bertz CT molecular complexity index is 424. The summed E-state index contributed by atoms with van der Waals surface area (Å²) >= 11 is 3.92. The number of nitrogens with zero attached hydrogens (tertiary/aromatic N) is 1. The second kappa shape index (κ2) is 6.15. The smallest absolute Gasteiger partial charge is 0.103 e. The van der Waals surface area contributed by atoms with Crippen LogP contribution < -0.4 is 5.32 Å². The highest BCUT2D eigenvalue weighted by atomic mass is 32.2. The molecule has 1 aromatic heterocycles. The molecule has 0 saturated heterocycles. The lowest BCUT2D eigenvalue weighted by Gasteiger charge is -2.34. The zero-order valence-corrected chi connectivity index (χ0v) is 14.4. The molecule has 19 heavy (non-hydrogen) atoms. The molecular weight excluding hydrogens is 272 g/mol. The Morgan fingerprint density at radius 1 is 1.47 bits per heavy atom. The molecule has 4 heteroatoms. The summed E-state index contributed by atoms with van der Waals surface area (Å²) in [5.74, 6) is 1.06. The maximum absolute atomic E-state index is 4.91. The van der Waals surface area contributed by atoms with Gasteiger partial charge in [0.05, 0.1) is 5.69 Å². The average molecular weight is 299 g/mol. The summed E-state index contributed by atoms with van der Waals surface area (Å²) < 4.78 is 0. The van der Waals surface area contributed by atoms with Gasteiger partial charge in [-0.3, -0.25) is 0 Å². The van der Waals surface area contributed by atoms with Crippen LogP contribution in [-0.2, 0) is 12.2 Å². The Balaban J connectivity index is 2.18. The van der Waals surface area contributed by atoms with E-state index >= 15 is 0 Å². The fourth-order valence-electron chi connectivity index (χ4n) is 2.69. The largest absolute Gasteiger partial charge is 0.309 e. The summed E-state index contributed by atoms with van der Waals surface area (Å²) in [6.07, 6.45) is 2.36. The molecule has 1 aliphatic carbocycles. The molecule has 0 amide bonds. The van der Waals surface area contributed by atoms with Crippen LogP contribution in [0.3, 0.4) is 0 Å². The SMILES string of the molecule is CCNC1CC(C)(C)Cc2nc(CSC(C)C)sc21. The first kappa shape index (κ1) is 15.3. The fourth-order valence-corrected chi connectivity index (χ4v) is 4.63. The van der Waals surface area contributed by atoms with Gasteiger partial charge in [0.1, 0.15) is 5.01 Å². The van der Waals surface area contributed by atoms with Gasteiger partial charge >= 0.3 is 0 Å². The Morgan fingerprint density at radius 3 is 2.84 bits per heavy atom. The van der Waals surface area contributed by atoms with Crippen molar-refractivity contribution in [1.29, 1.82) is 0 Å². The lowest BCUT2D eigenvalue weighted by atomic mass is 9.76. The second-order valence-electron chi connectivity index (χ2n) is 6.43. The maximum Gasteiger partial charge on any atom is 0.103 e. The predicted molar refractivity (Wildman–Crippen MR) is 87.1 cm³/mol. The summed E-state index contributed by atoms with van der Waals surface area (Å²) in [6, 6.07) is 0.513. The van der Waals surface area contributed by atoms with Gasteiger partial charge in [-0.05, 0) is 30.1 Å².